The predicted molar refractivity (Wildman–Crippen MR) is 185 cm³/mol. The number of benzene rings is 1. The number of likely N-dealkylation sites (tertiary alicyclic amines) is 1. The molecule has 8 nitrogen and oxygen atoms in total. The van der Waals surface area contributed by atoms with Gasteiger partial charge < -0.3 is 15.2 Å². The highest BCUT2D eigenvalue weighted by atomic mass is 16.5. The van der Waals surface area contributed by atoms with Crippen LogP contribution in [0.1, 0.15) is 96.0 Å². The van der Waals surface area contributed by atoms with Gasteiger partial charge in [0.1, 0.15) is 11.9 Å². The molecule has 3 heterocycles. The SMILES string of the molecule is C=C1/C=C\C=C/C[C@H](Oc2ccc3nnc([C@]4(C)CCCN4C)n3c2)CC[C@@H]1CCCC(=O)Nc1cc(CO)cc(C(C)(C)C)c1. The van der Waals surface area contributed by atoms with E-state index in [0.717, 1.165) is 91.1 Å². The molecule has 0 bridgehead atoms. The van der Waals surface area contributed by atoms with E-state index in [1.54, 1.807) is 0 Å². The second-order valence-corrected chi connectivity index (χ2v) is 14.3. The van der Waals surface area contributed by atoms with Crippen LogP contribution >= 0.6 is 0 Å². The lowest BCUT2D eigenvalue weighted by Crippen LogP contribution is -2.37. The molecule has 46 heavy (non-hydrogen) atoms. The fourth-order valence-corrected chi connectivity index (χ4v) is 6.65. The number of carbonyl (C=O) groups excluding carboxylic acids is 1. The Morgan fingerprint density at radius 1 is 1.17 bits per heavy atom. The average Bonchev–Trinajstić information content (AvgIpc) is 3.60. The van der Waals surface area contributed by atoms with E-state index in [-0.39, 0.29) is 35.5 Å². The number of aromatic nitrogens is 3. The first-order valence-electron chi connectivity index (χ1n) is 16.8. The lowest BCUT2D eigenvalue weighted by Gasteiger charge is -2.30. The Bertz CT molecular complexity index is 1600. The summed E-state index contributed by atoms with van der Waals surface area (Å²) >= 11 is 0. The lowest BCUT2D eigenvalue weighted by molar-refractivity contribution is -0.116. The molecule has 1 aromatic carbocycles. The van der Waals surface area contributed by atoms with Gasteiger partial charge in [-0.15, -0.1) is 10.2 Å². The first-order valence-corrected chi connectivity index (χ1v) is 16.8. The van der Waals surface area contributed by atoms with Crippen LogP contribution in [0.15, 0.2) is 73.0 Å². The van der Waals surface area contributed by atoms with E-state index >= 15 is 0 Å². The average molecular weight is 626 g/mol. The summed E-state index contributed by atoms with van der Waals surface area (Å²) in [4.78, 5) is 15.3. The van der Waals surface area contributed by atoms with Crippen LogP contribution < -0.4 is 10.1 Å². The van der Waals surface area contributed by atoms with Gasteiger partial charge in [0.25, 0.3) is 0 Å². The number of aliphatic hydroxyl groups excluding tert-OH is 1. The summed E-state index contributed by atoms with van der Waals surface area (Å²) in [7, 11) is 2.16. The molecule has 2 aliphatic rings. The smallest absolute Gasteiger partial charge is 0.224 e. The van der Waals surface area contributed by atoms with Crippen molar-refractivity contribution in [2.75, 3.05) is 18.9 Å². The van der Waals surface area contributed by atoms with Crippen molar-refractivity contribution in [3.8, 4) is 5.75 Å². The van der Waals surface area contributed by atoms with Crippen molar-refractivity contribution in [2.45, 2.75) is 103 Å². The molecule has 1 fully saturated rings. The van der Waals surface area contributed by atoms with Gasteiger partial charge in [-0.2, -0.15) is 0 Å². The fraction of sp³-hybridized carbons (Fsp3) is 0.500. The molecule has 3 atom stereocenters. The zero-order chi connectivity index (χ0) is 32.9. The van der Waals surface area contributed by atoms with Crippen LogP contribution in [0.5, 0.6) is 5.75 Å². The standard InChI is InChI=1S/C38H51N5O3/c1-27-12-8-7-9-14-32(46-33-18-19-34-40-41-36(43(34)25-33)38(5)20-11-21-42(38)6)17-16-29(27)13-10-15-35(45)39-31-23-28(26-44)22-30(24-31)37(2,3)4/h7-9,12,18-19,22-25,29,32,44H,1,10-11,13-17,20-21,26H2,2-6H3,(H,39,45)/b9-7-,12-8-/t29-,32-,38-/m0/s1. The van der Waals surface area contributed by atoms with Crippen molar-refractivity contribution in [2.24, 2.45) is 5.92 Å². The molecule has 0 radical (unpaired) electrons. The maximum Gasteiger partial charge on any atom is 0.224 e. The summed E-state index contributed by atoms with van der Waals surface area (Å²) in [5, 5.41) is 21.8. The Morgan fingerprint density at radius 2 is 2.00 bits per heavy atom. The molecular formula is C38H51N5O3. The number of aliphatic hydroxyl groups is 1. The highest BCUT2D eigenvalue weighted by molar-refractivity contribution is 5.90. The van der Waals surface area contributed by atoms with Crippen molar-refractivity contribution in [3.63, 3.8) is 0 Å². The number of fused-ring (bicyclic) bond motifs is 1. The number of rotatable bonds is 9. The fourth-order valence-electron chi connectivity index (χ4n) is 6.65. The molecule has 8 heteroatoms. The van der Waals surface area contributed by atoms with E-state index in [1.165, 1.54) is 0 Å². The van der Waals surface area contributed by atoms with E-state index < -0.39 is 0 Å². The summed E-state index contributed by atoms with van der Waals surface area (Å²) in [6, 6.07) is 9.84. The minimum atomic E-state index is -0.146. The third-order valence-electron chi connectivity index (χ3n) is 9.76. The van der Waals surface area contributed by atoms with Gasteiger partial charge in [-0.3, -0.25) is 14.1 Å². The van der Waals surface area contributed by atoms with E-state index in [4.69, 9.17) is 4.74 Å². The van der Waals surface area contributed by atoms with Gasteiger partial charge in [-0.25, -0.2) is 0 Å². The number of allylic oxidation sites excluding steroid dienone is 4. The topological polar surface area (TPSA) is 92.0 Å². The maximum absolute atomic E-state index is 12.9. The number of ether oxygens (including phenoxy) is 1. The van der Waals surface area contributed by atoms with Crippen molar-refractivity contribution in [1.82, 2.24) is 19.5 Å². The number of anilines is 1. The third-order valence-corrected chi connectivity index (χ3v) is 9.76. The van der Waals surface area contributed by atoms with Crippen LogP contribution in [0.25, 0.3) is 5.65 Å². The highest BCUT2D eigenvalue weighted by Gasteiger charge is 2.39. The molecule has 0 saturated carbocycles. The van der Waals surface area contributed by atoms with Crippen LogP contribution in [0.3, 0.4) is 0 Å². The first-order chi connectivity index (χ1) is 22.0. The molecule has 0 spiro atoms. The zero-order valence-corrected chi connectivity index (χ0v) is 28.3. The van der Waals surface area contributed by atoms with Gasteiger partial charge in [0, 0.05) is 18.5 Å². The van der Waals surface area contributed by atoms with Crippen LogP contribution in [-0.4, -0.2) is 50.2 Å². The summed E-state index contributed by atoms with van der Waals surface area (Å²) in [6.45, 7) is 14.0. The number of carbonyl (C=O) groups is 1. The van der Waals surface area contributed by atoms with Crippen LogP contribution in [0, 0.1) is 5.92 Å². The number of nitrogens with one attached hydrogen (secondary N) is 1. The number of amides is 1. The molecule has 5 rings (SSSR count). The molecular weight excluding hydrogens is 574 g/mol. The van der Waals surface area contributed by atoms with Gasteiger partial charge in [0.2, 0.25) is 5.91 Å². The number of hydrogen-bond acceptors (Lipinski definition) is 6. The number of pyridine rings is 1. The van der Waals surface area contributed by atoms with E-state index in [9.17, 15) is 9.90 Å². The van der Waals surface area contributed by atoms with Gasteiger partial charge in [0.05, 0.1) is 18.3 Å². The predicted octanol–water partition coefficient (Wildman–Crippen LogP) is 7.49. The van der Waals surface area contributed by atoms with Crippen LogP contribution in [0.4, 0.5) is 5.69 Å². The minimum absolute atomic E-state index is 0.0125. The Labute approximate surface area is 274 Å². The van der Waals surface area contributed by atoms with E-state index in [1.807, 2.05) is 36.5 Å². The second kappa shape index (κ2) is 14.3. The quantitative estimate of drug-likeness (QED) is 0.256. The monoisotopic (exact) mass is 625 g/mol. The van der Waals surface area contributed by atoms with Gasteiger partial charge >= 0.3 is 0 Å². The summed E-state index contributed by atoms with van der Waals surface area (Å²) < 4.78 is 8.70. The number of hydrogen-bond donors (Lipinski definition) is 2. The maximum atomic E-state index is 12.9. The Kier molecular flexibility index (Phi) is 10.5. The normalized spacial score (nSPS) is 24.2. The molecule has 2 N–H and O–H groups in total. The van der Waals surface area contributed by atoms with Crippen LogP contribution in [-0.2, 0) is 22.4 Å². The molecule has 0 unspecified atom stereocenters. The molecule has 2 aromatic heterocycles. The van der Waals surface area contributed by atoms with Crippen molar-refractivity contribution in [1.29, 1.82) is 0 Å². The Morgan fingerprint density at radius 3 is 2.74 bits per heavy atom. The molecule has 1 saturated heterocycles. The third kappa shape index (κ3) is 7.96. The molecule has 246 valence electrons. The highest BCUT2D eigenvalue weighted by Crippen LogP contribution is 2.37. The van der Waals surface area contributed by atoms with Crippen LogP contribution in [0.2, 0.25) is 0 Å². The summed E-state index contributed by atoms with van der Waals surface area (Å²) in [5.41, 5.74) is 4.31. The Balaban J connectivity index is 1.21. The van der Waals surface area contributed by atoms with E-state index in [2.05, 4.69) is 90.4 Å². The van der Waals surface area contributed by atoms with Crippen molar-refractivity contribution in [3.05, 3.63) is 89.9 Å². The second-order valence-electron chi connectivity index (χ2n) is 14.3. The Hall–Kier alpha value is -3.75. The van der Waals surface area contributed by atoms with Crippen molar-refractivity contribution >= 4 is 17.2 Å². The first kappa shape index (κ1) is 33.6. The molecule has 3 aromatic rings. The zero-order valence-electron chi connectivity index (χ0n) is 28.3. The minimum Gasteiger partial charge on any atom is -0.489 e. The van der Waals surface area contributed by atoms with Gasteiger partial charge in [-0.05, 0) is 106 Å². The molecule has 1 aliphatic heterocycles. The largest absolute Gasteiger partial charge is 0.489 e. The molecule has 1 amide bonds. The lowest BCUT2D eigenvalue weighted by atomic mass is 9.86. The van der Waals surface area contributed by atoms with Gasteiger partial charge in [-0.1, -0.05) is 63.3 Å². The number of nitrogens with zero attached hydrogens (tertiary/aromatic N) is 4. The van der Waals surface area contributed by atoms with E-state index in [0.29, 0.717) is 6.42 Å². The summed E-state index contributed by atoms with van der Waals surface area (Å²) in [5.74, 6) is 2.02. The summed E-state index contributed by atoms with van der Waals surface area (Å²) in [6.07, 6.45) is 17.3. The van der Waals surface area contributed by atoms with Crippen molar-refractivity contribution < 1.29 is 14.6 Å². The van der Waals surface area contributed by atoms with Gasteiger partial charge in [0.15, 0.2) is 11.5 Å². The molecule has 1 aliphatic carbocycles.